The number of ether oxygens (including phenoxy) is 1. The van der Waals surface area contributed by atoms with E-state index in [9.17, 15) is 5.11 Å². The van der Waals surface area contributed by atoms with E-state index in [1.807, 2.05) is 13.8 Å². The molecule has 0 saturated carbocycles. The van der Waals surface area contributed by atoms with Crippen molar-refractivity contribution in [3.8, 4) is 0 Å². The molecular weight excluding hydrogens is 266 g/mol. The average molecular weight is 286 g/mol. The van der Waals surface area contributed by atoms with Crippen molar-refractivity contribution < 1.29 is 9.84 Å². The van der Waals surface area contributed by atoms with Crippen molar-refractivity contribution in [2.24, 2.45) is 0 Å². The zero-order chi connectivity index (χ0) is 13.9. The van der Waals surface area contributed by atoms with Gasteiger partial charge in [-0.2, -0.15) is 0 Å². The summed E-state index contributed by atoms with van der Waals surface area (Å²) >= 11 is 6.02. The minimum absolute atomic E-state index is 0.371. The second-order valence-corrected chi connectivity index (χ2v) is 5.47. The maximum Gasteiger partial charge on any atom is 0.158 e. The maximum atomic E-state index is 9.96. The Labute approximate surface area is 118 Å². The standard InChI is InChI=1S/C13H20ClN3O2/c1-3-19-9-11-15-10(14)8-12(16-11)17-6-4-13(2,18)5-7-17/h8,18H,3-7,9H2,1-2H3. The van der Waals surface area contributed by atoms with E-state index in [4.69, 9.17) is 16.3 Å². The van der Waals surface area contributed by atoms with Gasteiger partial charge < -0.3 is 14.7 Å². The van der Waals surface area contributed by atoms with Crippen LogP contribution in [0.2, 0.25) is 5.15 Å². The van der Waals surface area contributed by atoms with Crippen molar-refractivity contribution in [1.29, 1.82) is 0 Å². The van der Waals surface area contributed by atoms with Gasteiger partial charge in [0.15, 0.2) is 5.82 Å². The van der Waals surface area contributed by atoms with E-state index in [0.717, 1.165) is 31.7 Å². The topological polar surface area (TPSA) is 58.5 Å². The number of piperidine rings is 1. The molecule has 1 aromatic rings. The summed E-state index contributed by atoms with van der Waals surface area (Å²) in [5, 5.41) is 10.4. The Hall–Kier alpha value is -0.910. The van der Waals surface area contributed by atoms with Crippen molar-refractivity contribution >= 4 is 17.4 Å². The quantitative estimate of drug-likeness (QED) is 0.858. The van der Waals surface area contributed by atoms with E-state index in [2.05, 4.69) is 14.9 Å². The van der Waals surface area contributed by atoms with Crippen LogP contribution in [0.3, 0.4) is 0 Å². The van der Waals surface area contributed by atoms with E-state index < -0.39 is 5.60 Å². The lowest BCUT2D eigenvalue weighted by Gasteiger charge is -2.36. The molecule has 1 N–H and O–H groups in total. The summed E-state index contributed by atoms with van der Waals surface area (Å²) < 4.78 is 5.31. The molecule has 0 aromatic carbocycles. The van der Waals surface area contributed by atoms with Gasteiger partial charge in [0.05, 0.1) is 5.60 Å². The number of aromatic nitrogens is 2. The van der Waals surface area contributed by atoms with Crippen LogP contribution in [-0.4, -0.2) is 40.4 Å². The van der Waals surface area contributed by atoms with Gasteiger partial charge in [0, 0.05) is 25.8 Å². The highest BCUT2D eigenvalue weighted by Crippen LogP contribution is 2.25. The van der Waals surface area contributed by atoms with Crippen LogP contribution in [0.25, 0.3) is 0 Å². The first-order chi connectivity index (χ1) is 9.00. The van der Waals surface area contributed by atoms with Crippen molar-refractivity contribution in [3.63, 3.8) is 0 Å². The minimum Gasteiger partial charge on any atom is -0.390 e. The third-order valence-electron chi connectivity index (χ3n) is 3.33. The lowest BCUT2D eigenvalue weighted by molar-refractivity contribution is 0.0350. The molecule has 6 heteroatoms. The first-order valence-electron chi connectivity index (χ1n) is 6.59. The largest absolute Gasteiger partial charge is 0.390 e. The fourth-order valence-electron chi connectivity index (χ4n) is 2.09. The summed E-state index contributed by atoms with van der Waals surface area (Å²) in [4.78, 5) is 10.7. The fraction of sp³-hybridized carbons (Fsp3) is 0.692. The molecule has 1 fully saturated rings. The monoisotopic (exact) mass is 285 g/mol. The van der Waals surface area contributed by atoms with Gasteiger partial charge in [0.25, 0.3) is 0 Å². The van der Waals surface area contributed by atoms with Crippen molar-refractivity contribution in [1.82, 2.24) is 9.97 Å². The molecule has 0 atom stereocenters. The summed E-state index contributed by atoms with van der Waals surface area (Å²) in [6, 6.07) is 1.76. The second kappa shape index (κ2) is 6.03. The predicted molar refractivity (Wildman–Crippen MR) is 74.4 cm³/mol. The smallest absolute Gasteiger partial charge is 0.158 e. The molecular formula is C13H20ClN3O2. The molecule has 2 rings (SSSR count). The Morgan fingerprint density at radius 1 is 1.42 bits per heavy atom. The molecule has 1 saturated heterocycles. The molecule has 5 nitrogen and oxygen atoms in total. The summed E-state index contributed by atoms with van der Waals surface area (Å²) in [6.07, 6.45) is 1.46. The molecule has 1 aromatic heterocycles. The molecule has 106 valence electrons. The highest BCUT2D eigenvalue weighted by Gasteiger charge is 2.28. The number of rotatable bonds is 4. The molecule has 0 spiro atoms. The SMILES string of the molecule is CCOCc1nc(Cl)cc(N2CCC(C)(O)CC2)n1. The number of hydrogen-bond acceptors (Lipinski definition) is 5. The number of halogens is 1. The number of aliphatic hydroxyl groups is 1. The Balaban J connectivity index is 2.09. The molecule has 0 unspecified atom stereocenters. The van der Waals surface area contributed by atoms with Gasteiger partial charge in [-0.15, -0.1) is 0 Å². The third kappa shape index (κ3) is 4.03. The molecule has 1 aliphatic rings. The maximum absolute atomic E-state index is 9.96. The Kier molecular flexibility index (Phi) is 4.60. The molecule has 1 aliphatic heterocycles. The zero-order valence-corrected chi connectivity index (χ0v) is 12.2. The number of nitrogens with zero attached hydrogens (tertiary/aromatic N) is 3. The first-order valence-corrected chi connectivity index (χ1v) is 6.96. The summed E-state index contributed by atoms with van der Waals surface area (Å²) in [5.41, 5.74) is -0.568. The molecule has 0 aliphatic carbocycles. The van der Waals surface area contributed by atoms with Gasteiger partial charge in [0.1, 0.15) is 17.6 Å². The van der Waals surface area contributed by atoms with Crippen LogP contribution in [0, 0.1) is 0 Å². The lowest BCUT2D eigenvalue weighted by Crippen LogP contribution is -2.42. The van der Waals surface area contributed by atoms with Gasteiger partial charge >= 0.3 is 0 Å². The Morgan fingerprint density at radius 2 is 2.11 bits per heavy atom. The molecule has 19 heavy (non-hydrogen) atoms. The van der Waals surface area contributed by atoms with E-state index >= 15 is 0 Å². The van der Waals surface area contributed by atoms with Crippen molar-refractivity contribution in [2.75, 3.05) is 24.6 Å². The van der Waals surface area contributed by atoms with Gasteiger partial charge in [-0.25, -0.2) is 9.97 Å². The van der Waals surface area contributed by atoms with E-state index in [0.29, 0.717) is 24.2 Å². The van der Waals surface area contributed by atoms with E-state index in [1.165, 1.54) is 0 Å². The average Bonchev–Trinajstić information content (AvgIpc) is 2.35. The Bertz CT molecular complexity index is 430. The summed E-state index contributed by atoms with van der Waals surface area (Å²) in [6.45, 7) is 6.34. The van der Waals surface area contributed by atoms with Crippen LogP contribution in [-0.2, 0) is 11.3 Å². The van der Waals surface area contributed by atoms with Gasteiger partial charge in [-0.1, -0.05) is 11.6 Å². The number of anilines is 1. The highest BCUT2D eigenvalue weighted by atomic mass is 35.5. The van der Waals surface area contributed by atoms with Gasteiger partial charge in [-0.3, -0.25) is 0 Å². The number of hydrogen-bond donors (Lipinski definition) is 1. The third-order valence-corrected chi connectivity index (χ3v) is 3.52. The lowest BCUT2D eigenvalue weighted by atomic mass is 9.94. The van der Waals surface area contributed by atoms with Crippen LogP contribution in [0.4, 0.5) is 5.82 Å². The zero-order valence-electron chi connectivity index (χ0n) is 11.4. The summed E-state index contributed by atoms with van der Waals surface area (Å²) in [5.74, 6) is 1.41. The van der Waals surface area contributed by atoms with Crippen LogP contribution >= 0.6 is 11.6 Å². The summed E-state index contributed by atoms with van der Waals surface area (Å²) in [7, 11) is 0. The molecule has 2 heterocycles. The normalized spacial score (nSPS) is 18.6. The fourth-order valence-corrected chi connectivity index (χ4v) is 2.28. The minimum atomic E-state index is -0.568. The predicted octanol–water partition coefficient (Wildman–Crippen LogP) is 2.02. The van der Waals surface area contributed by atoms with Crippen LogP contribution in [0.5, 0.6) is 0 Å². The molecule has 0 amide bonds. The van der Waals surface area contributed by atoms with Crippen molar-refractivity contribution in [2.45, 2.75) is 38.9 Å². The van der Waals surface area contributed by atoms with Crippen LogP contribution < -0.4 is 4.90 Å². The first kappa shape index (κ1) is 14.5. The molecule has 0 bridgehead atoms. The second-order valence-electron chi connectivity index (χ2n) is 5.09. The Morgan fingerprint density at radius 3 is 2.74 bits per heavy atom. The van der Waals surface area contributed by atoms with Crippen molar-refractivity contribution in [3.05, 3.63) is 17.0 Å². The van der Waals surface area contributed by atoms with Gasteiger partial charge in [0.2, 0.25) is 0 Å². The molecule has 0 radical (unpaired) electrons. The van der Waals surface area contributed by atoms with Crippen LogP contribution in [0.1, 0.15) is 32.5 Å². The highest BCUT2D eigenvalue weighted by molar-refractivity contribution is 6.29. The van der Waals surface area contributed by atoms with Crippen LogP contribution in [0.15, 0.2) is 6.07 Å². The van der Waals surface area contributed by atoms with E-state index in [1.54, 1.807) is 6.07 Å². The van der Waals surface area contributed by atoms with Gasteiger partial charge in [-0.05, 0) is 26.7 Å². The van der Waals surface area contributed by atoms with E-state index in [-0.39, 0.29) is 0 Å².